The first-order chi connectivity index (χ1) is 14.1. The number of rotatable bonds is 6. The predicted octanol–water partition coefficient (Wildman–Crippen LogP) is 2.30. The van der Waals surface area contributed by atoms with Gasteiger partial charge in [-0.25, -0.2) is 4.98 Å². The van der Waals surface area contributed by atoms with E-state index in [2.05, 4.69) is 16.4 Å². The van der Waals surface area contributed by atoms with Crippen LogP contribution in [0.15, 0.2) is 29.6 Å². The number of para-hydroxylation sites is 1. The Bertz CT molecular complexity index is 926. The van der Waals surface area contributed by atoms with Crippen molar-refractivity contribution in [3.63, 3.8) is 0 Å². The van der Waals surface area contributed by atoms with E-state index in [4.69, 9.17) is 0 Å². The summed E-state index contributed by atoms with van der Waals surface area (Å²) in [6, 6.07) is 7.99. The number of fused-ring (bicyclic) bond motifs is 1. The number of thiazole rings is 1. The molecule has 1 aromatic heterocycles. The topological polar surface area (TPSA) is 82.6 Å². The van der Waals surface area contributed by atoms with Gasteiger partial charge < -0.3 is 10.2 Å². The second kappa shape index (κ2) is 8.73. The molecule has 0 bridgehead atoms. The maximum absolute atomic E-state index is 12.6. The number of nitrogens with one attached hydrogen (secondary N) is 1. The molecule has 2 aliphatic heterocycles. The van der Waals surface area contributed by atoms with E-state index in [1.54, 1.807) is 4.90 Å². The molecular formula is C21H24N4O3S. The van der Waals surface area contributed by atoms with Gasteiger partial charge in [0.25, 0.3) is 0 Å². The molecule has 0 saturated carbocycles. The summed E-state index contributed by atoms with van der Waals surface area (Å²) in [7, 11) is 0. The van der Waals surface area contributed by atoms with E-state index in [1.165, 1.54) is 16.9 Å². The standard InChI is InChI=1S/C21H24N4O3S/c26-18(13-16-14-29-21(23-16)25-12-4-8-19(25)27)22-10-9-20(28)24-11-3-6-15-5-1-2-7-17(15)24/h1-2,5,7,14H,3-4,6,8-13H2,(H,22,26). The van der Waals surface area contributed by atoms with E-state index >= 15 is 0 Å². The summed E-state index contributed by atoms with van der Waals surface area (Å²) < 4.78 is 0. The van der Waals surface area contributed by atoms with Crippen molar-refractivity contribution in [3.05, 3.63) is 40.9 Å². The molecule has 0 radical (unpaired) electrons. The number of amides is 3. The third-order valence-electron chi connectivity index (χ3n) is 5.26. The maximum Gasteiger partial charge on any atom is 0.228 e. The summed E-state index contributed by atoms with van der Waals surface area (Å²) >= 11 is 1.39. The molecule has 4 rings (SSSR count). The number of carbonyl (C=O) groups excluding carboxylic acids is 3. The van der Waals surface area contributed by atoms with Gasteiger partial charge in [0.15, 0.2) is 5.13 Å². The van der Waals surface area contributed by atoms with E-state index in [9.17, 15) is 14.4 Å². The zero-order chi connectivity index (χ0) is 20.2. The first-order valence-electron chi connectivity index (χ1n) is 10.0. The van der Waals surface area contributed by atoms with Gasteiger partial charge in [0.1, 0.15) is 0 Å². The Hall–Kier alpha value is -2.74. The van der Waals surface area contributed by atoms with Crippen LogP contribution in [0.4, 0.5) is 10.8 Å². The lowest BCUT2D eigenvalue weighted by molar-refractivity contribution is -0.121. The Labute approximate surface area is 173 Å². The van der Waals surface area contributed by atoms with Gasteiger partial charge >= 0.3 is 0 Å². The summed E-state index contributed by atoms with van der Waals surface area (Å²) in [6.45, 7) is 1.72. The molecule has 2 aromatic rings. The minimum Gasteiger partial charge on any atom is -0.355 e. The molecule has 1 fully saturated rings. The van der Waals surface area contributed by atoms with Crippen LogP contribution < -0.4 is 15.1 Å². The highest BCUT2D eigenvalue weighted by molar-refractivity contribution is 7.14. The Morgan fingerprint density at radius 2 is 1.97 bits per heavy atom. The Balaban J connectivity index is 1.25. The summed E-state index contributed by atoms with van der Waals surface area (Å²) in [4.78, 5) is 44.5. The van der Waals surface area contributed by atoms with Crippen LogP contribution in [0.5, 0.6) is 0 Å². The van der Waals surface area contributed by atoms with Crippen molar-refractivity contribution in [2.75, 3.05) is 29.4 Å². The van der Waals surface area contributed by atoms with Crippen molar-refractivity contribution in [3.8, 4) is 0 Å². The summed E-state index contributed by atoms with van der Waals surface area (Å²) in [6.07, 6.45) is 3.79. The molecule has 0 atom stereocenters. The highest BCUT2D eigenvalue weighted by atomic mass is 32.1. The number of nitrogens with zero attached hydrogens (tertiary/aromatic N) is 3. The van der Waals surface area contributed by atoms with Crippen LogP contribution in [0.25, 0.3) is 0 Å². The minimum atomic E-state index is -0.165. The first-order valence-corrected chi connectivity index (χ1v) is 10.9. The van der Waals surface area contributed by atoms with Gasteiger partial charge in [0, 0.05) is 43.5 Å². The van der Waals surface area contributed by atoms with Crippen molar-refractivity contribution in [1.29, 1.82) is 0 Å². The first kappa shape index (κ1) is 19.6. The highest BCUT2D eigenvalue weighted by Crippen LogP contribution is 2.27. The van der Waals surface area contributed by atoms with Gasteiger partial charge in [0.2, 0.25) is 17.7 Å². The molecule has 1 saturated heterocycles. The third-order valence-corrected chi connectivity index (χ3v) is 6.17. The van der Waals surface area contributed by atoms with E-state index < -0.39 is 0 Å². The lowest BCUT2D eigenvalue weighted by Gasteiger charge is -2.29. The Morgan fingerprint density at radius 3 is 2.79 bits per heavy atom. The van der Waals surface area contributed by atoms with Gasteiger partial charge in [0.05, 0.1) is 12.1 Å². The van der Waals surface area contributed by atoms with Crippen molar-refractivity contribution < 1.29 is 14.4 Å². The highest BCUT2D eigenvalue weighted by Gasteiger charge is 2.25. The molecule has 8 heteroatoms. The number of benzene rings is 1. The number of hydrogen-bond acceptors (Lipinski definition) is 5. The molecule has 7 nitrogen and oxygen atoms in total. The van der Waals surface area contributed by atoms with Gasteiger partial charge in [-0.05, 0) is 30.9 Å². The Morgan fingerprint density at radius 1 is 1.14 bits per heavy atom. The van der Waals surface area contributed by atoms with Crippen molar-refractivity contribution in [2.45, 2.75) is 38.5 Å². The number of anilines is 2. The molecule has 0 unspecified atom stereocenters. The van der Waals surface area contributed by atoms with Gasteiger partial charge in [-0.1, -0.05) is 18.2 Å². The van der Waals surface area contributed by atoms with Crippen molar-refractivity contribution >= 4 is 39.9 Å². The average molecular weight is 413 g/mol. The van der Waals surface area contributed by atoms with Crippen molar-refractivity contribution in [2.24, 2.45) is 0 Å². The molecular weight excluding hydrogens is 388 g/mol. The van der Waals surface area contributed by atoms with Crippen LogP contribution in [0.3, 0.4) is 0 Å². The predicted molar refractivity (Wildman–Crippen MR) is 112 cm³/mol. The lowest BCUT2D eigenvalue weighted by atomic mass is 10.0. The van der Waals surface area contributed by atoms with Crippen molar-refractivity contribution in [1.82, 2.24) is 10.3 Å². The summed E-state index contributed by atoms with van der Waals surface area (Å²) in [5.74, 6) is -0.0458. The second-order valence-electron chi connectivity index (χ2n) is 7.32. The summed E-state index contributed by atoms with van der Waals surface area (Å²) in [5, 5.41) is 5.29. The molecule has 1 N–H and O–H groups in total. The van der Waals surface area contributed by atoms with E-state index in [1.807, 2.05) is 28.5 Å². The quantitative estimate of drug-likeness (QED) is 0.789. The average Bonchev–Trinajstić information content (AvgIpc) is 3.36. The van der Waals surface area contributed by atoms with Crippen LogP contribution in [-0.4, -0.2) is 42.3 Å². The molecule has 3 heterocycles. The molecule has 3 amide bonds. The molecule has 152 valence electrons. The number of aryl methyl sites for hydroxylation is 1. The fourth-order valence-corrected chi connectivity index (χ4v) is 4.68. The van der Waals surface area contributed by atoms with Gasteiger partial charge in [-0.15, -0.1) is 11.3 Å². The fraction of sp³-hybridized carbons (Fsp3) is 0.429. The molecule has 29 heavy (non-hydrogen) atoms. The number of carbonyl (C=O) groups is 3. The number of hydrogen-bond donors (Lipinski definition) is 1. The molecule has 0 aliphatic carbocycles. The molecule has 0 spiro atoms. The largest absolute Gasteiger partial charge is 0.355 e. The second-order valence-corrected chi connectivity index (χ2v) is 8.16. The monoisotopic (exact) mass is 412 g/mol. The van der Waals surface area contributed by atoms with E-state index in [-0.39, 0.29) is 30.6 Å². The SMILES string of the molecule is O=C(Cc1csc(N2CCCC2=O)n1)NCCC(=O)N1CCCc2ccccc21. The van der Waals surface area contributed by atoms with Crippen LogP contribution in [0, 0.1) is 0 Å². The molecule has 1 aromatic carbocycles. The fourth-order valence-electron chi connectivity index (χ4n) is 3.82. The summed E-state index contributed by atoms with van der Waals surface area (Å²) in [5.41, 5.74) is 2.84. The van der Waals surface area contributed by atoms with Crippen LogP contribution in [0.2, 0.25) is 0 Å². The molecule has 2 aliphatic rings. The number of aromatic nitrogens is 1. The van der Waals surface area contributed by atoms with Crippen LogP contribution >= 0.6 is 11.3 Å². The smallest absolute Gasteiger partial charge is 0.228 e. The maximum atomic E-state index is 12.6. The normalized spacial score (nSPS) is 16.1. The zero-order valence-corrected chi connectivity index (χ0v) is 17.0. The Kier molecular flexibility index (Phi) is 5.89. The zero-order valence-electron chi connectivity index (χ0n) is 16.2. The van der Waals surface area contributed by atoms with Gasteiger partial charge in [-0.2, -0.15) is 0 Å². The van der Waals surface area contributed by atoms with Crippen LogP contribution in [0.1, 0.15) is 36.9 Å². The minimum absolute atomic E-state index is 0.0286. The van der Waals surface area contributed by atoms with Gasteiger partial charge in [-0.3, -0.25) is 19.3 Å². The van der Waals surface area contributed by atoms with E-state index in [0.717, 1.165) is 31.5 Å². The van der Waals surface area contributed by atoms with E-state index in [0.29, 0.717) is 30.3 Å². The third kappa shape index (κ3) is 4.48. The van der Waals surface area contributed by atoms with Crippen LogP contribution in [-0.2, 0) is 27.2 Å². The lowest BCUT2D eigenvalue weighted by Crippen LogP contribution is -2.38.